The standard InChI is InChI=1S/C8H7BrO3/c9-7-1-6(4-11)8(12)2-5(7)3-10/h1-3,11-12H,4H2. The van der Waals surface area contributed by atoms with Crippen LogP contribution in [-0.4, -0.2) is 16.5 Å². The predicted molar refractivity (Wildman–Crippen MR) is 47.1 cm³/mol. The van der Waals surface area contributed by atoms with Crippen molar-refractivity contribution in [2.45, 2.75) is 6.61 Å². The van der Waals surface area contributed by atoms with Crippen LogP contribution in [0.2, 0.25) is 0 Å². The molecule has 2 N–H and O–H groups in total. The number of carbonyl (C=O) groups excluding carboxylic acids is 1. The number of phenols is 1. The second-order valence-electron chi connectivity index (χ2n) is 2.28. The summed E-state index contributed by atoms with van der Waals surface area (Å²) in [5.41, 5.74) is 0.761. The summed E-state index contributed by atoms with van der Waals surface area (Å²) in [5, 5.41) is 17.9. The van der Waals surface area contributed by atoms with E-state index in [2.05, 4.69) is 15.9 Å². The van der Waals surface area contributed by atoms with Crippen molar-refractivity contribution in [3.8, 4) is 5.75 Å². The van der Waals surface area contributed by atoms with Crippen LogP contribution in [0.3, 0.4) is 0 Å². The molecule has 0 saturated carbocycles. The van der Waals surface area contributed by atoms with Crippen LogP contribution in [0.25, 0.3) is 0 Å². The quantitative estimate of drug-likeness (QED) is 0.757. The molecule has 0 radical (unpaired) electrons. The third kappa shape index (κ3) is 1.65. The number of benzene rings is 1. The number of halogens is 1. The van der Waals surface area contributed by atoms with E-state index in [0.717, 1.165) is 0 Å². The molecule has 64 valence electrons. The molecule has 1 aromatic rings. The Bertz CT molecular complexity index is 309. The van der Waals surface area contributed by atoms with Gasteiger partial charge < -0.3 is 10.2 Å². The van der Waals surface area contributed by atoms with E-state index in [1.165, 1.54) is 12.1 Å². The van der Waals surface area contributed by atoms with Gasteiger partial charge in [0.15, 0.2) is 6.29 Å². The van der Waals surface area contributed by atoms with Crippen molar-refractivity contribution < 1.29 is 15.0 Å². The molecule has 0 aliphatic rings. The van der Waals surface area contributed by atoms with Gasteiger partial charge >= 0.3 is 0 Å². The molecule has 0 fully saturated rings. The number of hydrogen-bond acceptors (Lipinski definition) is 3. The second kappa shape index (κ2) is 3.69. The van der Waals surface area contributed by atoms with E-state index in [9.17, 15) is 9.90 Å². The lowest BCUT2D eigenvalue weighted by Crippen LogP contribution is -1.88. The van der Waals surface area contributed by atoms with Crippen molar-refractivity contribution in [1.82, 2.24) is 0 Å². The number of aliphatic hydroxyl groups excluding tert-OH is 1. The average molecular weight is 231 g/mol. The third-order valence-electron chi connectivity index (χ3n) is 1.50. The molecule has 0 saturated heterocycles. The fraction of sp³-hybridized carbons (Fsp3) is 0.125. The lowest BCUT2D eigenvalue weighted by Gasteiger charge is -2.03. The highest BCUT2D eigenvalue weighted by atomic mass is 79.9. The van der Waals surface area contributed by atoms with Gasteiger partial charge in [0.25, 0.3) is 0 Å². The first-order valence-electron chi connectivity index (χ1n) is 3.26. The van der Waals surface area contributed by atoms with Crippen LogP contribution in [0, 0.1) is 0 Å². The van der Waals surface area contributed by atoms with Gasteiger partial charge in [0.05, 0.1) is 6.61 Å². The van der Waals surface area contributed by atoms with Crippen molar-refractivity contribution in [3.63, 3.8) is 0 Å². The maximum absolute atomic E-state index is 10.4. The summed E-state index contributed by atoms with van der Waals surface area (Å²) in [6.45, 7) is -0.246. The Morgan fingerprint density at radius 3 is 2.67 bits per heavy atom. The van der Waals surface area contributed by atoms with Gasteiger partial charge in [-0.25, -0.2) is 0 Å². The normalized spacial score (nSPS) is 9.83. The lowest BCUT2D eigenvalue weighted by molar-refractivity contribution is 0.112. The Hall–Kier alpha value is -0.870. The van der Waals surface area contributed by atoms with Crippen LogP contribution in [0.1, 0.15) is 15.9 Å². The third-order valence-corrected chi connectivity index (χ3v) is 2.18. The van der Waals surface area contributed by atoms with Gasteiger partial charge in [0, 0.05) is 15.6 Å². The van der Waals surface area contributed by atoms with Crippen LogP contribution in [0.15, 0.2) is 16.6 Å². The molecule has 12 heavy (non-hydrogen) atoms. The minimum Gasteiger partial charge on any atom is -0.508 e. The van der Waals surface area contributed by atoms with Crippen LogP contribution in [-0.2, 0) is 6.61 Å². The van der Waals surface area contributed by atoms with Crippen molar-refractivity contribution in [2.75, 3.05) is 0 Å². The molecule has 1 rings (SSSR count). The second-order valence-corrected chi connectivity index (χ2v) is 3.13. The highest BCUT2D eigenvalue weighted by molar-refractivity contribution is 9.10. The maximum Gasteiger partial charge on any atom is 0.151 e. The lowest BCUT2D eigenvalue weighted by atomic mass is 10.1. The molecule has 0 unspecified atom stereocenters. The minimum atomic E-state index is -0.246. The minimum absolute atomic E-state index is 0.0669. The average Bonchev–Trinajstić information content (AvgIpc) is 2.08. The molecule has 3 nitrogen and oxygen atoms in total. The van der Waals surface area contributed by atoms with Gasteiger partial charge in [-0.3, -0.25) is 4.79 Å². The highest BCUT2D eigenvalue weighted by Crippen LogP contribution is 2.25. The SMILES string of the molecule is O=Cc1cc(O)c(CO)cc1Br. The first kappa shape index (κ1) is 9.22. The van der Waals surface area contributed by atoms with Crippen LogP contribution in [0.5, 0.6) is 5.75 Å². The van der Waals surface area contributed by atoms with Crippen LogP contribution < -0.4 is 0 Å². The fourth-order valence-corrected chi connectivity index (χ4v) is 1.32. The fourth-order valence-electron chi connectivity index (χ4n) is 0.836. The molecule has 0 heterocycles. The molecule has 0 atom stereocenters. The number of aromatic hydroxyl groups is 1. The van der Waals surface area contributed by atoms with E-state index >= 15 is 0 Å². The first-order valence-corrected chi connectivity index (χ1v) is 4.05. The summed E-state index contributed by atoms with van der Waals surface area (Å²) in [7, 11) is 0. The van der Waals surface area contributed by atoms with Gasteiger partial charge in [-0.2, -0.15) is 0 Å². The molecule has 0 bridgehead atoms. The molecule has 1 aromatic carbocycles. The molecule has 0 amide bonds. The Balaban J connectivity index is 3.25. The molecule has 0 spiro atoms. The number of aldehydes is 1. The van der Waals surface area contributed by atoms with Crippen molar-refractivity contribution in [2.24, 2.45) is 0 Å². The van der Waals surface area contributed by atoms with Crippen molar-refractivity contribution >= 4 is 22.2 Å². The van der Waals surface area contributed by atoms with E-state index in [0.29, 0.717) is 21.9 Å². The smallest absolute Gasteiger partial charge is 0.151 e. The van der Waals surface area contributed by atoms with E-state index in [4.69, 9.17) is 5.11 Å². The number of hydrogen-bond donors (Lipinski definition) is 2. The largest absolute Gasteiger partial charge is 0.508 e. The summed E-state index contributed by atoms with van der Waals surface area (Å²) in [6, 6.07) is 2.82. The number of aliphatic hydroxyl groups is 1. The maximum atomic E-state index is 10.4. The topological polar surface area (TPSA) is 57.5 Å². The number of carbonyl (C=O) groups is 1. The van der Waals surface area contributed by atoms with Crippen LogP contribution >= 0.6 is 15.9 Å². The summed E-state index contributed by atoms with van der Waals surface area (Å²) < 4.78 is 0.569. The van der Waals surface area contributed by atoms with Gasteiger partial charge in [-0.1, -0.05) is 15.9 Å². The van der Waals surface area contributed by atoms with Crippen molar-refractivity contribution in [3.05, 3.63) is 27.7 Å². The Labute approximate surface area is 77.8 Å². The zero-order chi connectivity index (χ0) is 9.14. The summed E-state index contributed by atoms with van der Waals surface area (Å²) in [4.78, 5) is 10.4. The molecule has 0 aliphatic carbocycles. The van der Waals surface area contributed by atoms with Gasteiger partial charge in [0.1, 0.15) is 5.75 Å². The monoisotopic (exact) mass is 230 g/mol. The van der Waals surface area contributed by atoms with Crippen LogP contribution in [0.4, 0.5) is 0 Å². The van der Waals surface area contributed by atoms with E-state index in [1.54, 1.807) is 0 Å². The Kier molecular flexibility index (Phi) is 2.83. The van der Waals surface area contributed by atoms with Gasteiger partial charge in [-0.05, 0) is 12.1 Å². The van der Waals surface area contributed by atoms with E-state index < -0.39 is 0 Å². The first-order chi connectivity index (χ1) is 5.69. The van der Waals surface area contributed by atoms with Gasteiger partial charge in [-0.15, -0.1) is 0 Å². The predicted octanol–water partition coefficient (Wildman–Crippen LogP) is 1.46. The zero-order valence-electron chi connectivity index (χ0n) is 6.12. The summed E-state index contributed by atoms with van der Waals surface area (Å²) in [5.74, 6) is -0.0669. The van der Waals surface area contributed by atoms with E-state index in [-0.39, 0.29) is 12.4 Å². The number of rotatable bonds is 2. The van der Waals surface area contributed by atoms with E-state index in [1.807, 2.05) is 0 Å². The Morgan fingerprint density at radius 2 is 2.17 bits per heavy atom. The van der Waals surface area contributed by atoms with Crippen molar-refractivity contribution in [1.29, 1.82) is 0 Å². The molecule has 4 heteroatoms. The molecule has 0 aliphatic heterocycles. The molecule has 0 aromatic heterocycles. The summed E-state index contributed by atoms with van der Waals surface area (Å²) in [6.07, 6.45) is 0.630. The Morgan fingerprint density at radius 1 is 1.50 bits per heavy atom. The van der Waals surface area contributed by atoms with Gasteiger partial charge in [0.2, 0.25) is 0 Å². The summed E-state index contributed by atoms with van der Waals surface area (Å²) >= 11 is 3.13. The molecular formula is C8H7BrO3. The zero-order valence-corrected chi connectivity index (χ0v) is 7.71. The molecular weight excluding hydrogens is 224 g/mol. The highest BCUT2D eigenvalue weighted by Gasteiger charge is 2.05.